The SMILES string of the molecule is CCCN1CCC(NC(=O)c2sc(-c3ccccc3)nc2-c2ccccc2)CC1. The number of carbonyl (C=O) groups excluding carboxylic acids is 1. The van der Waals surface area contributed by atoms with Crippen LogP contribution in [0.3, 0.4) is 0 Å². The molecule has 1 aromatic heterocycles. The van der Waals surface area contributed by atoms with Gasteiger partial charge in [0, 0.05) is 30.3 Å². The molecule has 4 nitrogen and oxygen atoms in total. The minimum atomic E-state index is -0.00234. The maximum Gasteiger partial charge on any atom is 0.263 e. The van der Waals surface area contributed by atoms with E-state index in [2.05, 4.69) is 17.1 Å². The summed E-state index contributed by atoms with van der Waals surface area (Å²) in [7, 11) is 0. The van der Waals surface area contributed by atoms with Crippen molar-refractivity contribution >= 4 is 17.2 Å². The van der Waals surface area contributed by atoms with Gasteiger partial charge in [-0.15, -0.1) is 11.3 Å². The van der Waals surface area contributed by atoms with Crippen molar-refractivity contribution in [3.63, 3.8) is 0 Å². The summed E-state index contributed by atoms with van der Waals surface area (Å²) < 4.78 is 0. The number of hydrogen-bond acceptors (Lipinski definition) is 4. The summed E-state index contributed by atoms with van der Waals surface area (Å²) in [5, 5.41) is 4.16. The highest BCUT2D eigenvalue weighted by Gasteiger charge is 2.25. The van der Waals surface area contributed by atoms with Crippen molar-refractivity contribution in [2.45, 2.75) is 32.2 Å². The molecule has 0 radical (unpaired) electrons. The van der Waals surface area contributed by atoms with Gasteiger partial charge in [-0.3, -0.25) is 4.79 Å². The number of rotatable bonds is 6. The van der Waals surface area contributed by atoms with Crippen molar-refractivity contribution in [2.24, 2.45) is 0 Å². The molecule has 0 aliphatic carbocycles. The zero-order chi connectivity index (χ0) is 20.1. The fourth-order valence-electron chi connectivity index (χ4n) is 3.84. The number of nitrogens with one attached hydrogen (secondary N) is 1. The number of carbonyl (C=O) groups is 1. The van der Waals surface area contributed by atoms with Gasteiger partial charge >= 0.3 is 0 Å². The first-order valence-electron chi connectivity index (χ1n) is 10.4. The van der Waals surface area contributed by atoms with Crippen LogP contribution in [0, 0.1) is 0 Å². The summed E-state index contributed by atoms with van der Waals surface area (Å²) in [5.41, 5.74) is 2.80. The fraction of sp³-hybridized carbons (Fsp3) is 0.333. The second-order valence-corrected chi connectivity index (χ2v) is 8.52. The molecular formula is C24H27N3OS. The van der Waals surface area contributed by atoms with Gasteiger partial charge in [0.15, 0.2) is 0 Å². The van der Waals surface area contributed by atoms with Gasteiger partial charge in [0.05, 0.1) is 5.69 Å². The van der Waals surface area contributed by atoms with E-state index in [0.29, 0.717) is 4.88 Å². The molecule has 1 aliphatic rings. The normalized spacial score (nSPS) is 15.3. The minimum absolute atomic E-state index is 0.00234. The summed E-state index contributed by atoms with van der Waals surface area (Å²) in [6, 6.07) is 20.3. The van der Waals surface area contributed by atoms with Crippen LogP contribution in [0.5, 0.6) is 0 Å². The van der Waals surface area contributed by atoms with E-state index in [9.17, 15) is 4.79 Å². The van der Waals surface area contributed by atoms with E-state index in [1.165, 1.54) is 17.8 Å². The van der Waals surface area contributed by atoms with Crippen LogP contribution < -0.4 is 5.32 Å². The third-order valence-corrected chi connectivity index (χ3v) is 6.47. The molecule has 1 N–H and O–H groups in total. The lowest BCUT2D eigenvalue weighted by molar-refractivity contribution is 0.0915. The van der Waals surface area contributed by atoms with Crippen LogP contribution in [0.1, 0.15) is 35.9 Å². The van der Waals surface area contributed by atoms with Crippen LogP contribution in [-0.4, -0.2) is 41.5 Å². The number of hydrogen-bond donors (Lipinski definition) is 1. The molecule has 0 unspecified atom stereocenters. The van der Waals surface area contributed by atoms with Crippen LogP contribution in [-0.2, 0) is 0 Å². The van der Waals surface area contributed by atoms with Crippen LogP contribution in [0.25, 0.3) is 21.8 Å². The molecule has 0 saturated carbocycles. The largest absolute Gasteiger partial charge is 0.348 e. The van der Waals surface area contributed by atoms with Crippen LogP contribution >= 0.6 is 11.3 Å². The number of aromatic nitrogens is 1. The predicted octanol–water partition coefficient (Wildman–Crippen LogP) is 5.08. The Morgan fingerprint density at radius 2 is 1.66 bits per heavy atom. The van der Waals surface area contributed by atoms with Crippen molar-refractivity contribution in [1.29, 1.82) is 0 Å². The first kappa shape index (κ1) is 19.8. The molecule has 150 valence electrons. The van der Waals surface area contributed by atoms with E-state index in [4.69, 9.17) is 4.98 Å². The maximum absolute atomic E-state index is 13.2. The second-order valence-electron chi connectivity index (χ2n) is 7.52. The van der Waals surface area contributed by atoms with E-state index < -0.39 is 0 Å². The van der Waals surface area contributed by atoms with Crippen molar-refractivity contribution in [1.82, 2.24) is 15.2 Å². The van der Waals surface area contributed by atoms with Crippen LogP contribution in [0.15, 0.2) is 60.7 Å². The summed E-state index contributed by atoms with van der Waals surface area (Å²) >= 11 is 1.48. The molecule has 2 heterocycles. The molecule has 1 aliphatic heterocycles. The van der Waals surface area contributed by atoms with E-state index in [0.717, 1.165) is 54.3 Å². The van der Waals surface area contributed by atoms with Gasteiger partial charge in [-0.25, -0.2) is 4.98 Å². The summed E-state index contributed by atoms with van der Waals surface area (Å²) in [6.45, 7) is 5.48. The van der Waals surface area contributed by atoms with Gasteiger partial charge in [-0.05, 0) is 25.8 Å². The quantitative estimate of drug-likeness (QED) is 0.622. The zero-order valence-corrected chi connectivity index (χ0v) is 17.6. The predicted molar refractivity (Wildman–Crippen MR) is 120 cm³/mol. The van der Waals surface area contributed by atoms with E-state index in [1.54, 1.807) is 0 Å². The van der Waals surface area contributed by atoms with E-state index >= 15 is 0 Å². The molecule has 1 saturated heterocycles. The van der Waals surface area contributed by atoms with E-state index in [-0.39, 0.29) is 11.9 Å². The van der Waals surface area contributed by atoms with Gasteiger partial charge in [-0.1, -0.05) is 67.6 Å². The van der Waals surface area contributed by atoms with Gasteiger partial charge in [0.25, 0.3) is 5.91 Å². The first-order chi connectivity index (χ1) is 14.2. The number of benzene rings is 2. The molecule has 5 heteroatoms. The highest BCUT2D eigenvalue weighted by atomic mass is 32.1. The average molecular weight is 406 g/mol. The summed E-state index contributed by atoms with van der Waals surface area (Å²) in [6.07, 6.45) is 3.20. The Morgan fingerprint density at radius 1 is 1.03 bits per heavy atom. The van der Waals surface area contributed by atoms with Crippen molar-refractivity contribution in [3.8, 4) is 21.8 Å². The lowest BCUT2D eigenvalue weighted by atomic mass is 10.0. The molecule has 0 atom stereocenters. The Morgan fingerprint density at radius 3 is 2.28 bits per heavy atom. The highest BCUT2D eigenvalue weighted by molar-refractivity contribution is 7.17. The Balaban J connectivity index is 1.57. The average Bonchev–Trinajstić information content (AvgIpc) is 3.22. The van der Waals surface area contributed by atoms with Crippen molar-refractivity contribution in [3.05, 3.63) is 65.5 Å². The van der Waals surface area contributed by atoms with Gasteiger partial charge < -0.3 is 10.2 Å². The van der Waals surface area contributed by atoms with Crippen LogP contribution in [0.2, 0.25) is 0 Å². The first-order valence-corrected chi connectivity index (χ1v) is 11.2. The fourth-order valence-corrected chi connectivity index (χ4v) is 4.83. The van der Waals surface area contributed by atoms with Crippen molar-refractivity contribution in [2.75, 3.05) is 19.6 Å². The van der Waals surface area contributed by atoms with Gasteiger partial charge in [-0.2, -0.15) is 0 Å². The Hall–Kier alpha value is -2.50. The molecule has 2 aromatic carbocycles. The van der Waals surface area contributed by atoms with Crippen LogP contribution in [0.4, 0.5) is 0 Å². The molecule has 0 bridgehead atoms. The molecule has 3 aromatic rings. The Bertz CT molecular complexity index is 931. The molecular weight excluding hydrogens is 378 g/mol. The molecule has 0 spiro atoms. The number of nitrogens with zero attached hydrogens (tertiary/aromatic N) is 2. The standard InChI is InChI=1S/C24H27N3OS/c1-2-15-27-16-13-20(14-17-27)25-23(28)22-21(18-9-5-3-6-10-18)26-24(29-22)19-11-7-4-8-12-19/h3-12,20H,2,13-17H2,1H3,(H,25,28). The zero-order valence-electron chi connectivity index (χ0n) is 16.8. The summed E-state index contributed by atoms with van der Waals surface area (Å²) in [5.74, 6) is -0.00234. The second kappa shape index (κ2) is 9.33. The Labute approximate surface area is 176 Å². The summed E-state index contributed by atoms with van der Waals surface area (Å²) in [4.78, 5) is 21.2. The molecule has 1 fully saturated rings. The lowest BCUT2D eigenvalue weighted by Crippen LogP contribution is -2.44. The van der Waals surface area contributed by atoms with E-state index in [1.807, 2.05) is 60.7 Å². The number of piperidine rings is 1. The van der Waals surface area contributed by atoms with Crippen molar-refractivity contribution < 1.29 is 4.79 Å². The smallest absolute Gasteiger partial charge is 0.263 e. The number of thiazole rings is 1. The molecule has 1 amide bonds. The number of likely N-dealkylation sites (tertiary alicyclic amines) is 1. The van der Waals surface area contributed by atoms with Gasteiger partial charge in [0.2, 0.25) is 0 Å². The monoisotopic (exact) mass is 405 g/mol. The Kier molecular flexibility index (Phi) is 6.37. The number of amides is 1. The third kappa shape index (κ3) is 4.74. The molecule has 4 rings (SSSR count). The third-order valence-electron chi connectivity index (χ3n) is 5.36. The molecule has 29 heavy (non-hydrogen) atoms. The maximum atomic E-state index is 13.2. The minimum Gasteiger partial charge on any atom is -0.348 e. The lowest BCUT2D eigenvalue weighted by Gasteiger charge is -2.32. The van der Waals surface area contributed by atoms with Gasteiger partial charge in [0.1, 0.15) is 9.88 Å². The highest BCUT2D eigenvalue weighted by Crippen LogP contribution is 2.34. The topological polar surface area (TPSA) is 45.2 Å².